The van der Waals surface area contributed by atoms with Gasteiger partial charge in [-0.1, -0.05) is 79.7 Å². The Morgan fingerprint density at radius 2 is 1.75 bits per heavy atom. The molecule has 0 spiro atoms. The molecule has 0 saturated carbocycles. The van der Waals surface area contributed by atoms with Crippen molar-refractivity contribution in [3.8, 4) is 0 Å². The van der Waals surface area contributed by atoms with Crippen LogP contribution in [0.15, 0.2) is 72.8 Å². The Bertz CT molecular complexity index is 1090. The van der Waals surface area contributed by atoms with Crippen molar-refractivity contribution in [2.24, 2.45) is 11.8 Å². The summed E-state index contributed by atoms with van der Waals surface area (Å²) in [7, 11) is 0. The van der Waals surface area contributed by atoms with Crippen LogP contribution in [0.5, 0.6) is 0 Å². The van der Waals surface area contributed by atoms with E-state index in [2.05, 4.69) is 10.6 Å². The molecule has 7 heteroatoms. The molecule has 1 aliphatic heterocycles. The summed E-state index contributed by atoms with van der Waals surface area (Å²) in [5.74, 6) is -1.59. The molecule has 40 heavy (non-hydrogen) atoms. The van der Waals surface area contributed by atoms with E-state index in [-0.39, 0.29) is 42.8 Å². The molecule has 3 rings (SSSR count). The molecule has 0 aliphatic carbocycles. The fourth-order valence-electron chi connectivity index (χ4n) is 5.11. The first kappa shape index (κ1) is 31.1. The predicted molar refractivity (Wildman–Crippen MR) is 156 cm³/mol. The molecule has 0 radical (unpaired) electrons. The standard InChI is InChI=1S/C33H44N2O5/c1-3-29-31(26-16-12-7-13-17-26)40-33(39)28(22-25-14-8-6-9-15-25)19-11-5-4-10-18-27(32(38)35-29)23-30(37)34-24(2)20-21-36/h4,6-10,12-17,24,27-29,31,36H,3,5,11,18-23H2,1-2H3,(H,34,37)(H,35,38)/b10-4+/t24-,27+,28+,29-,31?/m0/s1. The van der Waals surface area contributed by atoms with Crippen LogP contribution in [-0.2, 0) is 25.5 Å². The van der Waals surface area contributed by atoms with Gasteiger partial charge in [0.1, 0.15) is 6.10 Å². The van der Waals surface area contributed by atoms with E-state index >= 15 is 0 Å². The van der Waals surface area contributed by atoms with Crippen molar-refractivity contribution in [1.29, 1.82) is 0 Å². The topological polar surface area (TPSA) is 105 Å². The molecule has 0 fully saturated rings. The summed E-state index contributed by atoms with van der Waals surface area (Å²) in [6.07, 6.45) is 7.70. The van der Waals surface area contributed by atoms with Gasteiger partial charge in [0, 0.05) is 19.1 Å². The van der Waals surface area contributed by atoms with Gasteiger partial charge in [-0.15, -0.1) is 0 Å². The van der Waals surface area contributed by atoms with Gasteiger partial charge in [0.05, 0.1) is 17.9 Å². The molecular weight excluding hydrogens is 504 g/mol. The van der Waals surface area contributed by atoms with Crippen molar-refractivity contribution in [1.82, 2.24) is 10.6 Å². The molecule has 1 heterocycles. The molecule has 0 aromatic heterocycles. The second-order valence-corrected chi connectivity index (χ2v) is 10.7. The average molecular weight is 549 g/mol. The summed E-state index contributed by atoms with van der Waals surface area (Å²) in [5, 5.41) is 15.1. The van der Waals surface area contributed by atoms with E-state index in [4.69, 9.17) is 9.84 Å². The zero-order valence-electron chi connectivity index (χ0n) is 23.8. The number of hydrogen-bond acceptors (Lipinski definition) is 5. The Hall–Kier alpha value is -3.45. The van der Waals surface area contributed by atoms with Gasteiger partial charge < -0.3 is 20.5 Å². The summed E-state index contributed by atoms with van der Waals surface area (Å²) >= 11 is 0. The number of aliphatic hydroxyl groups is 1. The molecule has 216 valence electrons. The predicted octanol–water partition coefficient (Wildman–Crippen LogP) is 5.05. The summed E-state index contributed by atoms with van der Waals surface area (Å²) in [6, 6.07) is 18.9. The molecule has 7 nitrogen and oxygen atoms in total. The first-order valence-electron chi connectivity index (χ1n) is 14.6. The third-order valence-corrected chi connectivity index (χ3v) is 7.45. The molecule has 0 saturated heterocycles. The van der Waals surface area contributed by atoms with E-state index in [0.717, 1.165) is 24.0 Å². The molecule has 2 aromatic rings. The number of allylic oxidation sites excluding steroid dienone is 2. The van der Waals surface area contributed by atoms with Gasteiger partial charge in [0.25, 0.3) is 0 Å². The van der Waals surface area contributed by atoms with E-state index < -0.39 is 18.1 Å². The monoisotopic (exact) mass is 548 g/mol. The van der Waals surface area contributed by atoms with E-state index in [1.807, 2.05) is 86.7 Å². The normalized spacial score (nSPS) is 24.2. The fraction of sp³-hybridized carbons (Fsp3) is 0.485. The van der Waals surface area contributed by atoms with Crippen molar-refractivity contribution >= 4 is 17.8 Å². The molecule has 3 N–H and O–H groups in total. The largest absolute Gasteiger partial charge is 0.455 e. The average Bonchev–Trinajstić information content (AvgIpc) is 2.95. The minimum Gasteiger partial charge on any atom is -0.455 e. The van der Waals surface area contributed by atoms with Crippen LogP contribution in [0.1, 0.15) is 76.0 Å². The van der Waals surface area contributed by atoms with E-state index in [1.165, 1.54) is 0 Å². The van der Waals surface area contributed by atoms with Gasteiger partial charge >= 0.3 is 5.97 Å². The molecule has 2 amide bonds. The van der Waals surface area contributed by atoms with Crippen LogP contribution in [0, 0.1) is 11.8 Å². The second-order valence-electron chi connectivity index (χ2n) is 10.7. The number of rotatable bonds is 9. The summed E-state index contributed by atoms with van der Waals surface area (Å²) < 4.78 is 6.24. The van der Waals surface area contributed by atoms with Crippen molar-refractivity contribution in [3.05, 3.63) is 83.9 Å². The maximum Gasteiger partial charge on any atom is 0.309 e. The molecule has 1 unspecified atom stereocenters. The third-order valence-electron chi connectivity index (χ3n) is 7.45. The lowest BCUT2D eigenvalue weighted by Crippen LogP contribution is -2.45. The molecule has 2 aromatic carbocycles. The number of esters is 1. The number of carbonyl (C=O) groups is 3. The molecule has 0 bridgehead atoms. The van der Waals surface area contributed by atoms with Gasteiger partial charge in [0.2, 0.25) is 11.8 Å². The van der Waals surface area contributed by atoms with E-state index in [0.29, 0.717) is 32.1 Å². The molecular formula is C33H44N2O5. The van der Waals surface area contributed by atoms with Gasteiger partial charge in [0.15, 0.2) is 0 Å². The van der Waals surface area contributed by atoms with Crippen LogP contribution in [-0.4, -0.2) is 41.6 Å². The lowest BCUT2D eigenvalue weighted by molar-refractivity contribution is -0.157. The van der Waals surface area contributed by atoms with Crippen LogP contribution < -0.4 is 10.6 Å². The Morgan fingerprint density at radius 3 is 2.42 bits per heavy atom. The van der Waals surface area contributed by atoms with Crippen molar-refractivity contribution in [3.63, 3.8) is 0 Å². The highest BCUT2D eigenvalue weighted by atomic mass is 16.5. The number of hydrogen-bond donors (Lipinski definition) is 3. The number of carbonyl (C=O) groups excluding carboxylic acids is 3. The summed E-state index contributed by atoms with van der Waals surface area (Å²) in [6.45, 7) is 3.77. The SMILES string of the molecule is CC[C@@H]1NC(=O)[C@@H](CC(=O)N[C@@H](C)CCO)C/C=C/CCC[C@H](Cc2ccccc2)C(=O)OC1c1ccccc1. The van der Waals surface area contributed by atoms with Crippen LogP contribution >= 0.6 is 0 Å². The Balaban J connectivity index is 1.86. The number of cyclic esters (lactones) is 1. The smallest absolute Gasteiger partial charge is 0.309 e. The van der Waals surface area contributed by atoms with E-state index in [9.17, 15) is 14.4 Å². The fourth-order valence-corrected chi connectivity index (χ4v) is 5.11. The van der Waals surface area contributed by atoms with Crippen molar-refractivity contribution in [2.45, 2.75) is 83.4 Å². The zero-order chi connectivity index (χ0) is 28.7. The van der Waals surface area contributed by atoms with Gasteiger partial charge in [-0.25, -0.2) is 0 Å². The van der Waals surface area contributed by atoms with Gasteiger partial charge in [-0.3, -0.25) is 14.4 Å². The summed E-state index contributed by atoms with van der Waals surface area (Å²) in [5.41, 5.74) is 1.91. The highest BCUT2D eigenvalue weighted by Gasteiger charge is 2.32. The lowest BCUT2D eigenvalue weighted by atomic mass is 9.92. The van der Waals surface area contributed by atoms with Crippen molar-refractivity contribution in [2.75, 3.05) is 6.61 Å². The van der Waals surface area contributed by atoms with Crippen molar-refractivity contribution < 1.29 is 24.2 Å². The van der Waals surface area contributed by atoms with Gasteiger partial charge in [-0.2, -0.15) is 0 Å². The van der Waals surface area contributed by atoms with E-state index in [1.54, 1.807) is 0 Å². The molecule has 1 aliphatic rings. The first-order chi connectivity index (χ1) is 19.4. The minimum atomic E-state index is -0.654. The number of nitrogens with one attached hydrogen (secondary N) is 2. The maximum absolute atomic E-state index is 13.7. The highest BCUT2D eigenvalue weighted by molar-refractivity contribution is 5.86. The second kappa shape index (κ2) is 16.6. The Morgan fingerprint density at radius 1 is 1.05 bits per heavy atom. The lowest BCUT2D eigenvalue weighted by Gasteiger charge is -2.30. The van der Waals surface area contributed by atoms with Crippen LogP contribution in [0.25, 0.3) is 0 Å². The first-order valence-corrected chi connectivity index (χ1v) is 14.6. The van der Waals surface area contributed by atoms with Crippen LogP contribution in [0.3, 0.4) is 0 Å². The number of benzene rings is 2. The number of ether oxygens (including phenoxy) is 1. The number of amides is 2. The summed E-state index contributed by atoms with van der Waals surface area (Å²) in [4.78, 5) is 39.9. The molecule has 5 atom stereocenters. The van der Waals surface area contributed by atoms with Gasteiger partial charge in [-0.05, 0) is 63.0 Å². The Kier molecular flexibility index (Phi) is 12.9. The quantitative estimate of drug-likeness (QED) is 0.301. The number of aliphatic hydroxyl groups excluding tert-OH is 1. The Labute approximate surface area is 238 Å². The zero-order valence-corrected chi connectivity index (χ0v) is 23.8. The minimum absolute atomic E-state index is 0.0158. The van der Waals surface area contributed by atoms with Crippen LogP contribution in [0.4, 0.5) is 0 Å². The maximum atomic E-state index is 13.7. The highest BCUT2D eigenvalue weighted by Crippen LogP contribution is 2.28. The third kappa shape index (κ3) is 9.94. The van der Waals surface area contributed by atoms with Crippen LogP contribution in [0.2, 0.25) is 0 Å².